The summed E-state index contributed by atoms with van der Waals surface area (Å²) in [7, 11) is -2.67. The summed E-state index contributed by atoms with van der Waals surface area (Å²) in [6.07, 6.45) is 0. The van der Waals surface area contributed by atoms with Gasteiger partial charge in [0.15, 0.2) is 0 Å². The summed E-state index contributed by atoms with van der Waals surface area (Å²) in [5, 5.41) is 7.60. The average Bonchev–Trinajstić information content (AvgIpc) is 3.33. The molecule has 0 atom stereocenters. The highest BCUT2D eigenvalue weighted by atomic mass is 32.1. The lowest BCUT2D eigenvalue weighted by molar-refractivity contribution is 0.789. The van der Waals surface area contributed by atoms with Gasteiger partial charge in [0.25, 0.3) is 5.56 Å². The van der Waals surface area contributed by atoms with Crippen LogP contribution in [0, 0.1) is 0 Å². The van der Waals surface area contributed by atoms with Crippen molar-refractivity contribution >= 4 is 60.6 Å². The van der Waals surface area contributed by atoms with Gasteiger partial charge in [-0.1, -0.05) is 109 Å². The third-order valence-electron chi connectivity index (χ3n) is 6.41. The zero-order valence-electron chi connectivity index (χ0n) is 21.2. The Bertz CT molecular complexity index is 1740. The van der Waals surface area contributed by atoms with Crippen LogP contribution in [-0.2, 0) is 0 Å². The monoisotopic (exact) mass is 534 g/mol. The first-order valence-electron chi connectivity index (χ1n) is 12.6. The van der Waals surface area contributed by atoms with Crippen LogP contribution in [0.1, 0.15) is 13.8 Å². The van der Waals surface area contributed by atoms with Crippen LogP contribution >= 0.6 is 18.4 Å². The summed E-state index contributed by atoms with van der Waals surface area (Å²) in [6, 6.07) is 39.0. The predicted molar refractivity (Wildman–Crippen MR) is 163 cm³/mol. The lowest BCUT2D eigenvalue weighted by Gasteiger charge is -2.27. The minimum atomic E-state index is -2.67. The first kappa shape index (κ1) is 24.4. The van der Waals surface area contributed by atoms with Crippen LogP contribution in [-0.4, -0.2) is 15.7 Å². The summed E-state index contributed by atoms with van der Waals surface area (Å²) < 4.78 is 3.17. The van der Waals surface area contributed by atoms with Crippen molar-refractivity contribution in [3.63, 3.8) is 0 Å². The van der Waals surface area contributed by atoms with Gasteiger partial charge in [-0.2, -0.15) is 9.53 Å². The van der Waals surface area contributed by atoms with Gasteiger partial charge in [0.1, 0.15) is 4.70 Å². The first-order chi connectivity index (χ1) is 18.6. The maximum Gasteiger partial charge on any atom is 0.293 e. The number of nitrogens with zero attached hydrogens (tertiary/aromatic N) is 3. The van der Waals surface area contributed by atoms with E-state index in [-0.39, 0.29) is 11.6 Å². The van der Waals surface area contributed by atoms with Gasteiger partial charge < -0.3 is 5.32 Å². The fraction of sp³-hybridized carbons (Fsp3) is 0.0968. The number of nitrogens with one attached hydrogen (secondary N) is 1. The van der Waals surface area contributed by atoms with Gasteiger partial charge in [-0.05, 0) is 19.9 Å². The van der Waals surface area contributed by atoms with Crippen LogP contribution in [0.5, 0.6) is 0 Å². The SMILES string of the molecule is CC(C)Nc1nc2c(sc3ccccc32)c(=O)n1N=P(c1ccccc1)(c1ccccc1)c1ccccc1. The van der Waals surface area contributed by atoms with E-state index in [0.29, 0.717) is 16.2 Å². The molecular formula is C31H27N4OPS. The van der Waals surface area contributed by atoms with Crippen molar-refractivity contribution < 1.29 is 0 Å². The molecule has 0 bridgehead atoms. The van der Waals surface area contributed by atoms with Crippen LogP contribution < -0.4 is 26.8 Å². The molecule has 0 saturated carbocycles. The van der Waals surface area contributed by atoms with Crippen LogP contribution in [0.2, 0.25) is 0 Å². The highest BCUT2D eigenvalue weighted by Gasteiger charge is 2.29. The molecule has 0 spiro atoms. The highest BCUT2D eigenvalue weighted by Crippen LogP contribution is 2.47. The number of fused-ring (bicyclic) bond motifs is 3. The van der Waals surface area contributed by atoms with E-state index in [1.807, 2.05) is 92.7 Å². The number of hydrogen-bond donors (Lipinski definition) is 1. The Kier molecular flexibility index (Phi) is 6.44. The molecule has 5 nitrogen and oxygen atoms in total. The number of aromatic nitrogens is 2. The van der Waals surface area contributed by atoms with Gasteiger partial charge in [-0.15, -0.1) is 11.3 Å². The van der Waals surface area contributed by atoms with Gasteiger partial charge >= 0.3 is 0 Å². The molecule has 6 aromatic rings. The highest BCUT2D eigenvalue weighted by molar-refractivity contribution is 7.87. The van der Waals surface area contributed by atoms with Crippen LogP contribution in [0.4, 0.5) is 5.95 Å². The second kappa shape index (κ2) is 10.1. The maximum absolute atomic E-state index is 14.3. The summed E-state index contributed by atoms with van der Waals surface area (Å²) >= 11 is 1.47. The molecule has 6 rings (SSSR count). The summed E-state index contributed by atoms with van der Waals surface area (Å²) in [5.41, 5.74) is 0.555. The quantitative estimate of drug-likeness (QED) is 0.253. The minimum Gasteiger partial charge on any atom is -0.352 e. The standard InChI is InChI=1S/C31H27N4OPS/c1-22(2)32-31-33-28-26-20-12-13-21-27(26)38-29(28)30(36)35(31)34-37(23-14-6-3-7-15-23,24-16-8-4-9-17-24)25-18-10-5-11-19-25/h3-22H,1-2H3,(H,32,33). The number of hydrogen-bond acceptors (Lipinski definition) is 5. The number of thiophene rings is 1. The van der Waals surface area contributed by atoms with E-state index < -0.39 is 7.05 Å². The molecular weight excluding hydrogens is 507 g/mol. The number of rotatable bonds is 6. The molecule has 2 heterocycles. The van der Waals surface area contributed by atoms with Crippen LogP contribution in [0.25, 0.3) is 20.3 Å². The topological polar surface area (TPSA) is 59.3 Å². The summed E-state index contributed by atoms with van der Waals surface area (Å²) in [6.45, 7) is 4.08. The van der Waals surface area contributed by atoms with Gasteiger partial charge in [0.05, 0.1) is 12.6 Å². The van der Waals surface area contributed by atoms with Gasteiger partial charge in [0.2, 0.25) is 5.95 Å². The molecule has 4 aromatic carbocycles. The van der Waals surface area contributed by atoms with E-state index in [2.05, 4.69) is 41.7 Å². The minimum absolute atomic E-state index is 0.0589. The zero-order chi connectivity index (χ0) is 26.1. The fourth-order valence-corrected chi connectivity index (χ4v) is 9.25. The molecule has 0 radical (unpaired) electrons. The number of benzene rings is 4. The molecule has 1 N–H and O–H groups in total. The third-order valence-corrected chi connectivity index (χ3v) is 11.1. The number of anilines is 1. The Morgan fingerprint density at radius 2 is 1.26 bits per heavy atom. The molecule has 38 heavy (non-hydrogen) atoms. The lowest BCUT2D eigenvalue weighted by Crippen LogP contribution is -2.29. The molecule has 7 heteroatoms. The second-order valence-corrected chi connectivity index (χ2v) is 13.4. The summed E-state index contributed by atoms with van der Waals surface area (Å²) in [4.78, 5) is 24.8. The summed E-state index contributed by atoms with van der Waals surface area (Å²) in [5.74, 6) is 0.452. The zero-order valence-corrected chi connectivity index (χ0v) is 22.9. The molecule has 0 aliphatic rings. The molecule has 0 aliphatic heterocycles. The van der Waals surface area contributed by atoms with Crippen LogP contribution in [0.15, 0.2) is 125 Å². The van der Waals surface area contributed by atoms with Gasteiger partial charge in [-0.3, -0.25) is 4.79 Å². The van der Waals surface area contributed by atoms with Crippen molar-refractivity contribution in [3.8, 4) is 0 Å². The molecule has 0 fully saturated rings. The van der Waals surface area contributed by atoms with Crippen LogP contribution in [0.3, 0.4) is 0 Å². The first-order valence-corrected chi connectivity index (χ1v) is 15.1. The van der Waals surface area contributed by atoms with E-state index >= 15 is 0 Å². The van der Waals surface area contributed by atoms with E-state index in [1.165, 1.54) is 16.0 Å². The third kappa shape index (κ3) is 4.16. The Labute approximate surface area is 225 Å². The largest absolute Gasteiger partial charge is 0.352 e. The van der Waals surface area contributed by atoms with Crippen molar-refractivity contribution in [2.45, 2.75) is 19.9 Å². The Hall–Kier alpha value is -3.99. The van der Waals surface area contributed by atoms with E-state index in [0.717, 1.165) is 26.0 Å². The Balaban J connectivity index is 1.80. The van der Waals surface area contributed by atoms with Crippen molar-refractivity contribution in [1.29, 1.82) is 0 Å². The van der Waals surface area contributed by atoms with E-state index in [1.54, 1.807) is 0 Å². The predicted octanol–water partition coefficient (Wildman–Crippen LogP) is 6.37. The average molecular weight is 535 g/mol. The smallest absolute Gasteiger partial charge is 0.293 e. The van der Waals surface area contributed by atoms with E-state index in [4.69, 9.17) is 9.84 Å². The Morgan fingerprint density at radius 3 is 1.79 bits per heavy atom. The van der Waals surface area contributed by atoms with Gasteiger partial charge in [0, 0.05) is 32.0 Å². The second-order valence-electron chi connectivity index (χ2n) is 9.36. The molecule has 2 aromatic heterocycles. The van der Waals surface area contributed by atoms with Crippen molar-refractivity contribution in [2.24, 2.45) is 4.85 Å². The van der Waals surface area contributed by atoms with E-state index in [9.17, 15) is 4.79 Å². The maximum atomic E-state index is 14.3. The molecule has 0 saturated heterocycles. The Morgan fingerprint density at radius 1 is 0.763 bits per heavy atom. The van der Waals surface area contributed by atoms with Crippen molar-refractivity contribution in [1.82, 2.24) is 9.66 Å². The lowest BCUT2D eigenvalue weighted by atomic mass is 10.2. The molecule has 188 valence electrons. The van der Waals surface area contributed by atoms with Crippen molar-refractivity contribution in [2.75, 3.05) is 5.32 Å². The molecule has 0 aliphatic carbocycles. The normalized spacial score (nSPS) is 11.8. The fourth-order valence-electron chi connectivity index (χ4n) is 4.74. The molecule has 0 amide bonds. The van der Waals surface area contributed by atoms with Crippen molar-refractivity contribution in [3.05, 3.63) is 126 Å². The van der Waals surface area contributed by atoms with Gasteiger partial charge in [-0.25, -0.2) is 4.98 Å². The molecule has 0 unspecified atom stereocenters.